The summed E-state index contributed by atoms with van der Waals surface area (Å²) < 4.78 is 0. The van der Waals surface area contributed by atoms with Gasteiger partial charge in [0.05, 0.1) is 5.56 Å². The third-order valence-electron chi connectivity index (χ3n) is 3.01. The van der Waals surface area contributed by atoms with Crippen molar-refractivity contribution in [3.05, 3.63) is 23.9 Å². The molecule has 1 unspecified atom stereocenters. The van der Waals surface area contributed by atoms with Gasteiger partial charge in [0.2, 0.25) is 0 Å². The standard InChI is InChI=1S/C12H16N2O2/c1-9(16)11-3-2-5-13-12(11)14-6-4-10(7-14)8-15/h2-3,5,10,15H,4,6-8H2,1H3. The lowest BCUT2D eigenvalue weighted by atomic mass is 10.1. The highest BCUT2D eigenvalue weighted by molar-refractivity contribution is 5.98. The lowest BCUT2D eigenvalue weighted by Gasteiger charge is -2.19. The molecule has 0 spiro atoms. The van der Waals surface area contributed by atoms with Gasteiger partial charge in [-0.2, -0.15) is 0 Å². The Hall–Kier alpha value is -1.42. The maximum absolute atomic E-state index is 11.5. The van der Waals surface area contributed by atoms with Crippen LogP contribution in [0.2, 0.25) is 0 Å². The molecule has 0 amide bonds. The number of hydrogen-bond acceptors (Lipinski definition) is 4. The lowest BCUT2D eigenvalue weighted by molar-refractivity contribution is 0.101. The number of aliphatic hydroxyl groups is 1. The number of aliphatic hydroxyl groups excluding tert-OH is 1. The molecule has 1 aliphatic rings. The summed E-state index contributed by atoms with van der Waals surface area (Å²) in [5.41, 5.74) is 0.668. The van der Waals surface area contributed by atoms with Gasteiger partial charge in [0.15, 0.2) is 5.78 Å². The molecule has 2 heterocycles. The first-order valence-corrected chi connectivity index (χ1v) is 5.54. The molecule has 2 rings (SSSR count). The van der Waals surface area contributed by atoms with Crippen molar-refractivity contribution in [3.8, 4) is 0 Å². The molecule has 1 aliphatic heterocycles. The third-order valence-corrected chi connectivity index (χ3v) is 3.01. The van der Waals surface area contributed by atoms with E-state index < -0.39 is 0 Å². The zero-order chi connectivity index (χ0) is 11.5. The number of nitrogens with zero attached hydrogens (tertiary/aromatic N) is 2. The number of Topliss-reactive ketones (excluding diaryl/α,β-unsaturated/α-hetero) is 1. The quantitative estimate of drug-likeness (QED) is 0.775. The summed E-state index contributed by atoms with van der Waals surface area (Å²) in [4.78, 5) is 17.8. The molecular formula is C12H16N2O2. The van der Waals surface area contributed by atoms with Crippen LogP contribution in [-0.4, -0.2) is 35.6 Å². The van der Waals surface area contributed by atoms with E-state index in [2.05, 4.69) is 9.88 Å². The molecule has 0 saturated carbocycles. The van der Waals surface area contributed by atoms with E-state index in [1.54, 1.807) is 25.3 Å². The Balaban J connectivity index is 2.24. The fourth-order valence-corrected chi connectivity index (χ4v) is 2.10. The monoisotopic (exact) mass is 220 g/mol. The average molecular weight is 220 g/mol. The predicted octanol–water partition coefficient (Wildman–Crippen LogP) is 1.10. The van der Waals surface area contributed by atoms with E-state index in [9.17, 15) is 4.79 Å². The minimum absolute atomic E-state index is 0.0375. The van der Waals surface area contributed by atoms with Crippen LogP contribution in [0.1, 0.15) is 23.7 Å². The van der Waals surface area contributed by atoms with Gasteiger partial charge >= 0.3 is 0 Å². The van der Waals surface area contributed by atoms with Gasteiger partial charge in [0.25, 0.3) is 0 Å². The van der Waals surface area contributed by atoms with Gasteiger partial charge in [-0.05, 0) is 25.5 Å². The fraction of sp³-hybridized carbons (Fsp3) is 0.500. The molecule has 1 N–H and O–H groups in total. The van der Waals surface area contributed by atoms with Gasteiger partial charge in [0.1, 0.15) is 5.82 Å². The van der Waals surface area contributed by atoms with Gasteiger partial charge < -0.3 is 10.0 Å². The van der Waals surface area contributed by atoms with Crippen molar-refractivity contribution >= 4 is 11.6 Å². The van der Waals surface area contributed by atoms with E-state index >= 15 is 0 Å². The van der Waals surface area contributed by atoms with Gasteiger partial charge in [-0.25, -0.2) is 4.98 Å². The summed E-state index contributed by atoms with van der Waals surface area (Å²) in [5, 5.41) is 9.10. The summed E-state index contributed by atoms with van der Waals surface area (Å²) in [6.07, 6.45) is 2.67. The van der Waals surface area contributed by atoms with Crippen molar-refractivity contribution in [3.63, 3.8) is 0 Å². The number of carbonyl (C=O) groups excluding carboxylic acids is 1. The van der Waals surface area contributed by atoms with Crippen molar-refractivity contribution in [1.29, 1.82) is 0 Å². The Morgan fingerprint density at radius 2 is 2.50 bits per heavy atom. The molecule has 0 radical (unpaired) electrons. The molecule has 1 aromatic rings. The van der Waals surface area contributed by atoms with E-state index in [4.69, 9.17) is 5.11 Å². The SMILES string of the molecule is CC(=O)c1cccnc1N1CCC(CO)C1. The second kappa shape index (κ2) is 4.61. The zero-order valence-corrected chi connectivity index (χ0v) is 9.39. The lowest BCUT2D eigenvalue weighted by Crippen LogP contribution is -2.23. The normalized spacial score (nSPS) is 20.1. The molecule has 1 aromatic heterocycles. The summed E-state index contributed by atoms with van der Waals surface area (Å²) in [6, 6.07) is 3.58. The van der Waals surface area contributed by atoms with Gasteiger partial charge in [-0.15, -0.1) is 0 Å². The Morgan fingerprint density at radius 3 is 3.12 bits per heavy atom. The first-order chi connectivity index (χ1) is 7.72. The molecule has 1 fully saturated rings. The first-order valence-electron chi connectivity index (χ1n) is 5.54. The smallest absolute Gasteiger partial charge is 0.163 e. The number of aromatic nitrogens is 1. The largest absolute Gasteiger partial charge is 0.396 e. The Morgan fingerprint density at radius 1 is 1.69 bits per heavy atom. The Bertz CT molecular complexity index is 392. The van der Waals surface area contributed by atoms with E-state index in [0.717, 1.165) is 25.3 Å². The number of carbonyl (C=O) groups is 1. The number of rotatable bonds is 3. The molecule has 0 bridgehead atoms. The van der Waals surface area contributed by atoms with Crippen LogP contribution in [0.3, 0.4) is 0 Å². The maximum atomic E-state index is 11.5. The Labute approximate surface area is 94.9 Å². The zero-order valence-electron chi connectivity index (χ0n) is 9.39. The molecule has 86 valence electrons. The van der Waals surface area contributed by atoms with E-state index in [-0.39, 0.29) is 12.4 Å². The molecule has 4 heteroatoms. The molecular weight excluding hydrogens is 204 g/mol. The van der Waals surface area contributed by atoms with Crippen LogP contribution < -0.4 is 4.90 Å². The Kier molecular flexibility index (Phi) is 3.19. The van der Waals surface area contributed by atoms with Crippen molar-refractivity contribution < 1.29 is 9.90 Å². The van der Waals surface area contributed by atoms with E-state index in [1.165, 1.54) is 0 Å². The van der Waals surface area contributed by atoms with Crippen LogP contribution in [0, 0.1) is 5.92 Å². The predicted molar refractivity (Wildman–Crippen MR) is 61.6 cm³/mol. The molecule has 1 atom stereocenters. The second-order valence-electron chi connectivity index (χ2n) is 4.21. The molecule has 1 saturated heterocycles. The molecule has 4 nitrogen and oxygen atoms in total. The van der Waals surface area contributed by atoms with Crippen LogP contribution in [0.5, 0.6) is 0 Å². The number of anilines is 1. The first kappa shape index (κ1) is 11.1. The highest BCUT2D eigenvalue weighted by Crippen LogP contribution is 2.24. The highest BCUT2D eigenvalue weighted by atomic mass is 16.3. The number of pyridine rings is 1. The highest BCUT2D eigenvalue weighted by Gasteiger charge is 2.25. The van der Waals surface area contributed by atoms with Crippen LogP contribution in [0.4, 0.5) is 5.82 Å². The molecule has 0 aromatic carbocycles. The summed E-state index contributed by atoms with van der Waals surface area (Å²) >= 11 is 0. The average Bonchev–Trinajstić information content (AvgIpc) is 2.77. The van der Waals surface area contributed by atoms with E-state index in [1.807, 2.05) is 0 Å². The molecule has 16 heavy (non-hydrogen) atoms. The summed E-state index contributed by atoms with van der Waals surface area (Å²) in [5.74, 6) is 1.10. The second-order valence-corrected chi connectivity index (χ2v) is 4.21. The summed E-state index contributed by atoms with van der Waals surface area (Å²) in [7, 11) is 0. The summed E-state index contributed by atoms with van der Waals surface area (Å²) in [6.45, 7) is 3.41. The topological polar surface area (TPSA) is 53.4 Å². The van der Waals surface area contributed by atoms with Crippen molar-refractivity contribution in [2.75, 3.05) is 24.6 Å². The van der Waals surface area contributed by atoms with Gasteiger partial charge in [0, 0.05) is 31.8 Å². The van der Waals surface area contributed by atoms with Crippen molar-refractivity contribution in [2.45, 2.75) is 13.3 Å². The van der Waals surface area contributed by atoms with Crippen LogP contribution >= 0.6 is 0 Å². The maximum Gasteiger partial charge on any atom is 0.163 e. The number of ketones is 1. The van der Waals surface area contributed by atoms with E-state index in [0.29, 0.717) is 11.5 Å². The minimum Gasteiger partial charge on any atom is -0.396 e. The fourth-order valence-electron chi connectivity index (χ4n) is 2.10. The third kappa shape index (κ3) is 2.07. The molecule has 0 aliphatic carbocycles. The van der Waals surface area contributed by atoms with Crippen molar-refractivity contribution in [2.24, 2.45) is 5.92 Å². The van der Waals surface area contributed by atoms with Crippen LogP contribution in [0.15, 0.2) is 18.3 Å². The van der Waals surface area contributed by atoms with Gasteiger partial charge in [-0.3, -0.25) is 4.79 Å². The van der Waals surface area contributed by atoms with Crippen LogP contribution in [-0.2, 0) is 0 Å². The van der Waals surface area contributed by atoms with Crippen molar-refractivity contribution in [1.82, 2.24) is 4.98 Å². The van der Waals surface area contributed by atoms with Gasteiger partial charge in [-0.1, -0.05) is 0 Å². The minimum atomic E-state index is 0.0375. The number of hydrogen-bond donors (Lipinski definition) is 1. The van der Waals surface area contributed by atoms with Crippen LogP contribution in [0.25, 0.3) is 0 Å².